The summed E-state index contributed by atoms with van der Waals surface area (Å²) in [4.78, 5) is 21.6. The first-order valence-corrected chi connectivity index (χ1v) is 11.5. The third kappa shape index (κ3) is 4.12. The van der Waals surface area contributed by atoms with Gasteiger partial charge < -0.3 is 15.8 Å². The molecule has 3 N–H and O–H groups in total. The quantitative estimate of drug-likeness (QED) is 0.465. The summed E-state index contributed by atoms with van der Waals surface area (Å²) in [6.45, 7) is 6.88. The second-order valence-electron chi connectivity index (χ2n) is 9.30. The van der Waals surface area contributed by atoms with Crippen LogP contribution in [0.1, 0.15) is 31.7 Å². The first-order chi connectivity index (χ1) is 16.3. The van der Waals surface area contributed by atoms with Crippen LogP contribution in [0.25, 0.3) is 33.4 Å². The Morgan fingerprint density at radius 2 is 2.09 bits per heavy atom. The number of carbonyl (C=O) groups excluding carboxylic acids is 1. The Balaban J connectivity index is 1.56. The average Bonchev–Trinajstić information content (AvgIpc) is 3.39. The van der Waals surface area contributed by atoms with Crippen LogP contribution in [0.4, 0.5) is 4.79 Å². The molecule has 0 fully saturated rings. The highest BCUT2D eigenvalue weighted by molar-refractivity contribution is 5.99. The molecule has 1 aliphatic heterocycles. The van der Waals surface area contributed by atoms with Gasteiger partial charge in [-0.05, 0) is 69.5 Å². The maximum absolute atomic E-state index is 12.3. The topological polar surface area (TPSA) is 108 Å². The molecule has 1 aromatic carbocycles. The van der Waals surface area contributed by atoms with Gasteiger partial charge in [0.15, 0.2) is 0 Å². The normalized spacial score (nSPS) is 13.2. The fraction of sp³-hybridized carbons (Fsp3) is 0.308. The molecule has 0 atom stereocenters. The standard InChI is InChI=1S/C26H28N6O2/c1-16-6-4-7-20(29-16)24-23(22-8-5-13-32(22)31-24)19-11-12-28-21-14-17(9-10-18(19)21)34-25(33)30-26(2,3)15-27/h4,6-7,9-12,14H,5,8,13,15,27H2,1-3H3,(H,30,33). The predicted molar refractivity (Wildman–Crippen MR) is 132 cm³/mol. The van der Waals surface area contributed by atoms with Gasteiger partial charge in [-0.1, -0.05) is 6.07 Å². The smallest absolute Gasteiger partial charge is 0.410 e. The van der Waals surface area contributed by atoms with Crippen molar-refractivity contribution in [1.82, 2.24) is 25.1 Å². The second kappa shape index (κ2) is 8.53. The highest BCUT2D eigenvalue weighted by Crippen LogP contribution is 2.40. The molecule has 1 aliphatic rings. The van der Waals surface area contributed by atoms with E-state index in [9.17, 15) is 4.79 Å². The zero-order valence-corrected chi connectivity index (χ0v) is 19.6. The zero-order valence-electron chi connectivity index (χ0n) is 19.6. The zero-order chi connectivity index (χ0) is 23.9. The Hall–Kier alpha value is -3.78. The number of aryl methyl sites for hydroxylation is 2. The summed E-state index contributed by atoms with van der Waals surface area (Å²) >= 11 is 0. The van der Waals surface area contributed by atoms with Crippen LogP contribution in [0.3, 0.4) is 0 Å². The van der Waals surface area contributed by atoms with E-state index in [0.29, 0.717) is 12.3 Å². The SMILES string of the molecule is Cc1cccc(-c2nn3c(c2-c2ccnc4cc(OC(=O)NC(C)(C)CN)ccc24)CCC3)n1. The lowest BCUT2D eigenvalue weighted by molar-refractivity contribution is 0.189. The molecule has 5 rings (SSSR count). The van der Waals surface area contributed by atoms with Crippen molar-refractivity contribution in [2.75, 3.05) is 6.54 Å². The second-order valence-corrected chi connectivity index (χ2v) is 9.30. The molecule has 8 heteroatoms. The minimum Gasteiger partial charge on any atom is -0.410 e. The van der Waals surface area contributed by atoms with Crippen molar-refractivity contribution in [2.24, 2.45) is 5.73 Å². The van der Waals surface area contributed by atoms with Gasteiger partial charge in [0.25, 0.3) is 0 Å². The minimum absolute atomic E-state index is 0.304. The van der Waals surface area contributed by atoms with Crippen LogP contribution < -0.4 is 15.8 Å². The maximum Gasteiger partial charge on any atom is 0.413 e. The van der Waals surface area contributed by atoms with Crippen molar-refractivity contribution in [1.29, 1.82) is 0 Å². The number of nitrogens with zero attached hydrogens (tertiary/aromatic N) is 4. The van der Waals surface area contributed by atoms with Gasteiger partial charge in [-0.3, -0.25) is 14.6 Å². The van der Waals surface area contributed by atoms with E-state index in [1.807, 2.05) is 51.1 Å². The van der Waals surface area contributed by atoms with Crippen molar-refractivity contribution in [2.45, 2.75) is 45.7 Å². The van der Waals surface area contributed by atoms with Crippen molar-refractivity contribution < 1.29 is 9.53 Å². The number of hydrogen-bond donors (Lipinski definition) is 2. The Morgan fingerprint density at radius 3 is 2.88 bits per heavy atom. The highest BCUT2D eigenvalue weighted by atomic mass is 16.6. The van der Waals surface area contributed by atoms with Crippen molar-refractivity contribution in [3.8, 4) is 28.3 Å². The number of hydrogen-bond acceptors (Lipinski definition) is 6. The van der Waals surface area contributed by atoms with E-state index >= 15 is 0 Å². The summed E-state index contributed by atoms with van der Waals surface area (Å²) in [5, 5.41) is 8.67. The minimum atomic E-state index is -0.553. The lowest BCUT2D eigenvalue weighted by Gasteiger charge is -2.23. The molecule has 3 aromatic heterocycles. The molecule has 174 valence electrons. The van der Waals surface area contributed by atoms with E-state index in [0.717, 1.165) is 58.5 Å². The molecule has 4 aromatic rings. The third-order valence-electron chi connectivity index (χ3n) is 6.12. The van der Waals surface area contributed by atoms with Gasteiger partial charge in [-0.2, -0.15) is 5.10 Å². The monoisotopic (exact) mass is 456 g/mol. The number of rotatable bonds is 5. The molecule has 0 aliphatic carbocycles. The number of pyridine rings is 2. The third-order valence-corrected chi connectivity index (χ3v) is 6.12. The number of nitrogens with one attached hydrogen (secondary N) is 1. The van der Waals surface area contributed by atoms with E-state index in [1.165, 1.54) is 5.69 Å². The molecule has 1 amide bonds. The van der Waals surface area contributed by atoms with Crippen LogP contribution in [0.2, 0.25) is 0 Å². The van der Waals surface area contributed by atoms with Gasteiger partial charge in [-0.25, -0.2) is 4.79 Å². The number of benzene rings is 1. The molecule has 0 spiro atoms. The van der Waals surface area contributed by atoms with Crippen LogP contribution in [0.15, 0.2) is 48.7 Å². The molecule has 0 saturated carbocycles. The molecule has 34 heavy (non-hydrogen) atoms. The first-order valence-electron chi connectivity index (χ1n) is 11.5. The molecule has 4 heterocycles. The van der Waals surface area contributed by atoms with Crippen LogP contribution >= 0.6 is 0 Å². The Kier molecular flexibility index (Phi) is 5.53. The molecule has 0 unspecified atom stereocenters. The van der Waals surface area contributed by atoms with E-state index < -0.39 is 11.6 Å². The van der Waals surface area contributed by atoms with Crippen LogP contribution in [-0.2, 0) is 13.0 Å². The summed E-state index contributed by atoms with van der Waals surface area (Å²) < 4.78 is 7.60. The molecular weight excluding hydrogens is 428 g/mol. The van der Waals surface area contributed by atoms with Crippen LogP contribution in [0, 0.1) is 6.92 Å². The highest BCUT2D eigenvalue weighted by Gasteiger charge is 2.26. The summed E-state index contributed by atoms with van der Waals surface area (Å²) in [6, 6.07) is 13.5. The lowest BCUT2D eigenvalue weighted by atomic mass is 9.96. The summed E-state index contributed by atoms with van der Waals surface area (Å²) in [7, 11) is 0. The predicted octanol–water partition coefficient (Wildman–Crippen LogP) is 4.24. The molecule has 0 bridgehead atoms. The van der Waals surface area contributed by atoms with Gasteiger partial charge in [0.2, 0.25) is 0 Å². The van der Waals surface area contributed by atoms with Crippen molar-refractivity contribution in [3.63, 3.8) is 0 Å². The van der Waals surface area contributed by atoms with Crippen molar-refractivity contribution >= 4 is 17.0 Å². The van der Waals surface area contributed by atoms with Crippen LogP contribution in [0.5, 0.6) is 5.75 Å². The van der Waals surface area contributed by atoms with Crippen LogP contribution in [-0.4, -0.2) is 37.9 Å². The van der Waals surface area contributed by atoms with Gasteiger partial charge in [-0.15, -0.1) is 0 Å². The molecular formula is C26H28N6O2. The number of fused-ring (bicyclic) bond motifs is 2. The van der Waals surface area contributed by atoms with Gasteiger partial charge in [0.1, 0.15) is 11.4 Å². The molecule has 0 radical (unpaired) electrons. The molecule has 0 saturated heterocycles. The number of carbonyl (C=O) groups is 1. The maximum atomic E-state index is 12.3. The summed E-state index contributed by atoms with van der Waals surface area (Å²) in [5.74, 6) is 0.420. The van der Waals surface area contributed by atoms with Gasteiger partial charge in [0, 0.05) is 53.2 Å². The average molecular weight is 457 g/mol. The molecule has 8 nitrogen and oxygen atoms in total. The lowest BCUT2D eigenvalue weighted by Crippen LogP contribution is -2.49. The van der Waals surface area contributed by atoms with Crippen molar-refractivity contribution in [3.05, 3.63) is 60.0 Å². The number of nitrogens with two attached hydrogens (primary N) is 1. The summed E-state index contributed by atoms with van der Waals surface area (Å²) in [5.41, 5.74) is 11.9. The largest absolute Gasteiger partial charge is 0.413 e. The fourth-order valence-corrected chi connectivity index (χ4v) is 4.34. The first kappa shape index (κ1) is 22.0. The van der Waals surface area contributed by atoms with E-state index in [-0.39, 0.29) is 0 Å². The van der Waals surface area contributed by atoms with E-state index in [2.05, 4.69) is 15.0 Å². The summed E-state index contributed by atoms with van der Waals surface area (Å²) in [6.07, 6.45) is 3.28. The Bertz CT molecular complexity index is 1390. The number of ether oxygens (including phenoxy) is 1. The van der Waals surface area contributed by atoms with E-state index in [4.69, 9.17) is 20.6 Å². The Morgan fingerprint density at radius 1 is 1.24 bits per heavy atom. The van der Waals surface area contributed by atoms with E-state index in [1.54, 1.807) is 18.3 Å². The number of amides is 1. The van der Waals surface area contributed by atoms with Gasteiger partial charge in [0.05, 0.1) is 11.2 Å². The number of aromatic nitrogens is 4. The fourth-order valence-electron chi connectivity index (χ4n) is 4.34. The Labute approximate surface area is 198 Å². The van der Waals surface area contributed by atoms with Gasteiger partial charge >= 0.3 is 6.09 Å².